The van der Waals surface area contributed by atoms with E-state index >= 15 is 0 Å². The predicted octanol–water partition coefficient (Wildman–Crippen LogP) is 1.08. The second kappa shape index (κ2) is 4.25. The van der Waals surface area contributed by atoms with Crippen molar-refractivity contribution in [3.05, 3.63) is 29.3 Å². The Kier molecular flexibility index (Phi) is 3.28. The van der Waals surface area contributed by atoms with Gasteiger partial charge in [-0.25, -0.2) is 0 Å². The number of aryl methyl sites for hydroxylation is 1. The molecule has 1 aromatic carbocycles. The van der Waals surface area contributed by atoms with E-state index in [1.807, 2.05) is 13.0 Å². The molecule has 1 aromatic rings. The summed E-state index contributed by atoms with van der Waals surface area (Å²) in [7, 11) is 0. The van der Waals surface area contributed by atoms with Crippen LogP contribution in [0.5, 0.6) is 5.75 Å². The molecule has 0 saturated carbocycles. The third kappa shape index (κ3) is 2.44. The molecule has 0 aromatic heterocycles. The first-order chi connectivity index (χ1) is 6.15. The number of phenolic OH excluding ortho intramolecular Hbond substituents is 1. The zero-order chi connectivity index (χ0) is 9.84. The fourth-order valence-electron chi connectivity index (χ4n) is 1.22. The van der Waals surface area contributed by atoms with Crippen molar-refractivity contribution < 1.29 is 10.2 Å². The third-order valence-corrected chi connectivity index (χ3v) is 2.09. The van der Waals surface area contributed by atoms with Crippen LogP contribution in [0.4, 0.5) is 0 Å². The number of rotatable bonds is 3. The van der Waals surface area contributed by atoms with Crippen molar-refractivity contribution in [2.45, 2.75) is 19.4 Å². The quantitative estimate of drug-likeness (QED) is 0.653. The summed E-state index contributed by atoms with van der Waals surface area (Å²) in [6.07, 6.45) is 0.546. The maximum absolute atomic E-state index is 9.27. The minimum absolute atomic E-state index is 0.0844. The highest BCUT2D eigenvalue weighted by Gasteiger charge is 2.06. The SMILES string of the molecule is Cc1cc([C@H](N)CCO)ccc1O. The van der Waals surface area contributed by atoms with Gasteiger partial charge in [-0.2, -0.15) is 0 Å². The molecule has 0 spiro atoms. The number of hydrogen-bond donors (Lipinski definition) is 3. The van der Waals surface area contributed by atoms with Gasteiger partial charge in [-0.1, -0.05) is 12.1 Å². The average Bonchev–Trinajstić information content (AvgIpc) is 2.10. The minimum Gasteiger partial charge on any atom is -0.508 e. The molecule has 1 rings (SSSR count). The molecule has 1 atom stereocenters. The van der Waals surface area contributed by atoms with Gasteiger partial charge in [0.15, 0.2) is 0 Å². The van der Waals surface area contributed by atoms with E-state index < -0.39 is 0 Å². The minimum atomic E-state index is -0.149. The van der Waals surface area contributed by atoms with Crippen molar-refractivity contribution >= 4 is 0 Å². The van der Waals surface area contributed by atoms with E-state index in [2.05, 4.69) is 0 Å². The van der Waals surface area contributed by atoms with Gasteiger partial charge in [0.25, 0.3) is 0 Å². The summed E-state index contributed by atoms with van der Waals surface area (Å²) >= 11 is 0. The molecule has 0 bridgehead atoms. The van der Waals surface area contributed by atoms with Crippen LogP contribution in [-0.2, 0) is 0 Å². The van der Waals surface area contributed by atoms with E-state index in [-0.39, 0.29) is 18.4 Å². The number of aliphatic hydroxyl groups excluding tert-OH is 1. The molecule has 3 nitrogen and oxygen atoms in total. The summed E-state index contributed by atoms with van der Waals surface area (Å²) in [5.41, 5.74) is 7.54. The van der Waals surface area contributed by atoms with Crippen molar-refractivity contribution in [2.75, 3.05) is 6.61 Å². The van der Waals surface area contributed by atoms with Gasteiger partial charge in [-0.3, -0.25) is 0 Å². The number of nitrogens with two attached hydrogens (primary N) is 1. The zero-order valence-electron chi connectivity index (χ0n) is 7.70. The molecular formula is C10H15NO2. The van der Waals surface area contributed by atoms with Gasteiger partial charge in [0.05, 0.1) is 0 Å². The monoisotopic (exact) mass is 181 g/mol. The normalized spacial score (nSPS) is 12.8. The van der Waals surface area contributed by atoms with Crippen molar-refractivity contribution in [1.82, 2.24) is 0 Å². The molecule has 0 amide bonds. The van der Waals surface area contributed by atoms with E-state index in [1.165, 1.54) is 0 Å². The Bertz CT molecular complexity index is 286. The zero-order valence-corrected chi connectivity index (χ0v) is 7.70. The van der Waals surface area contributed by atoms with Crippen LogP contribution in [0.25, 0.3) is 0 Å². The van der Waals surface area contributed by atoms with E-state index in [4.69, 9.17) is 10.8 Å². The molecule has 3 heteroatoms. The van der Waals surface area contributed by atoms with Gasteiger partial charge < -0.3 is 15.9 Å². The molecule has 13 heavy (non-hydrogen) atoms. The largest absolute Gasteiger partial charge is 0.508 e. The second-order valence-electron chi connectivity index (χ2n) is 3.16. The summed E-state index contributed by atoms with van der Waals surface area (Å²) in [6, 6.07) is 5.10. The molecule has 0 unspecified atom stereocenters. The highest BCUT2D eigenvalue weighted by Crippen LogP contribution is 2.21. The number of aliphatic hydroxyl groups is 1. The average molecular weight is 181 g/mol. The molecule has 0 aliphatic carbocycles. The number of hydrogen-bond acceptors (Lipinski definition) is 3. The molecule has 0 aliphatic rings. The molecular weight excluding hydrogens is 166 g/mol. The summed E-state index contributed by atoms with van der Waals surface area (Å²) in [5, 5.41) is 18.0. The maximum Gasteiger partial charge on any atom is 0.118 e. The first-order valence-corrected chi connectivity index (χ1v) is 4.31. The van der Waals surface area contributed by atoms with Gasteiger partial charge in [-0.15, -0.1) is 0 Å². The highest BCUT2D eigenvalue weighted by atomic mass is 16.3. The first kappa shape index (κ1) is 10.0. The molecule has 4 N–H and O–H groups in total. The van der Waals surface area contributed by atoms with Crippen molar-refractivity contribution in [1.29, 1.82) is 0 Å². The van der Waals surface area contributed by atoms with Crippen LogP contribution in [-0.4, -0.2) is 16.8 Å². The maximum atomic E-state index is 9.27. The second-order valence-corrected chi connectivity index (χ2v) is 3.16. The van der Waals surface area contributed by atoms with Gasteiger partial charge in [0.1, 0.15) is 5.75 Å². The van der Waals surface area contributed by atoms with Gasteiger partial charge in [0, 0.05) is 12.6 Å². The Morgan fingerprint density at radius 1 is 1.46 bits per heavy atom. The van der Waals surface area contributed by atoms with Crippen molar-refractivity contribution in [3.8, 4) is 5.75 Å². The molecule has 72 valence electrons. The van der Waals surface area contributed by atoms with Gasteiger partial charge in [0.2, 0.25) is 0 Å². The topological polar surface area (TPSA) is 66.5 Å². The van der Waals surface area contributed by atoms with Crippen molar-refractivity contribution in [2.24, 2.45) is 5.73 Å². The van der Waals surface area contributed by atoms with E-state index in [9.17, 15) is 5.11 Å². The number of phenols is 1. The Morgan fingerprint density at radius 2 is 2.15 bits per heavy atom. The van der Waals surface area contributed by atoms with Crippen LogP contribution in [0.15, 0.2) is 18.2 Å². The van der Waals surface area contributed by atoms with E-state index in [1.54, 1.807) is 12.1 Å². The Morgan fingerprint density at radius 3 is 2.69 bits per heavy atom. The molecule has 0 aliphatic heterocycles. The standard InChI is InChI=1S/C10H15NO2/c1-7-6-8(2-3-10(7)13)9(11)4-5-12/h2-3,6,9,12-13H,4-5,11H2,1H3/t9-/m1/s1. The number of aromatic hydroxyl groups is 1. The van der Waals surface area contributed by atoms with E-state index in [0.29, 0.717) is 6.42 Å². The fourth-order valence-corrected chi connectivity index (χ4v) is 1.22. The summed E-state index contributed by atoms with van der Waals surface area (Å²) in [6.45, 7) is 1.91. The molecule has 0 radical (unpaired) electrons. The number of benzene rings is 1. The van der Waals surface area contributed by atoms with Crippen LogP contribution in [0.1, 0.15) is 23.6 Å². The van der Waals surface area contributed by atoms with Crippen LogP contribution in [0.3, 0.4) is 0 Å². The summed E-state index contributed by atoms with van der Waals surface area (Å²) in [5.74, 6) is 0.278. The Balaban J connectivity index is 2.84. The van der Waals surface area contributed by atoms with Crippen LogP contribution in [0.2, 0.25) is 0 Å². The summed E-state index contributed by atoms with van der Waals surface area (Å²) < 4.78 is 0. The lowest BCUT2D eigenvalue weighted by Crippen LogP contribution is -2.11. The predicted molar refractivity (Wildman–Crippen MR) is 51.5 cm³/mol. The first-order valence-electron chi connectivity index (χ1n) is 4.31. The van der Waals surface area contributed by atoms with Gasteiger partial charge in [-0.05, 0) is 30.5 Å². The third-order valence-electron chi connectivity index (χ3n) is 2.09. The fraction of sp³-hybridized carbons (Fsp3) is 0.400. The summed E-state index contributed by atoms with van der Waals surface area (Å²) in [4.78, 5) is 0. The smallest absolute Gasteiger partial charge is 0.118 e. The van der Waals surface area contributed by atoms with Crippen LogP contribution >= 0.6 is 0 Å². The molecule has 0 fully saturated rings. The molecule has 0 saturated heterocycles. The van der Waals surface area contributed by atoms with Crippen LogP contribution in [0, 0.1) is 6.92 Å². The Hall–Kier alpha value is -1.06. The lowest BCUT2D eigenvalue weighted by molar-refractivity contribution is 0.276. The van der Waals surface area contributed by atoms with Crippen molar-refractivity contribution in [3.63, 3.8) is 0 Å². The lowest BCUT2D eigenvalue weighted by atomic mass is 10.0. The van der Waals surface area contributed by atoms with E-state index in [0.717, 1.165) is 11.1 Å². The van der Waals surface area contributed by atoms with Crippen LogP contribution < -0.4 is 5.73 Å². The highest BCUT2D eigenvalue weighted by molar-refractivity contribution is 5.36. The molecule has 0 heterocycles. The lowest BCUT2D eigenvalue weighted by Gasteiger charge is -2.11. The Labute approximate surface area is 77.8 Å². The van der Waals surface area contributed by atoms with Gasteiger partial charge >= 0.3 is 0 Å².